The third kappa shape index (κ3) is 2.32. The number of carbonyl (C=O) groups is 1. The van der Waals surface area contributed by atoms with Gasteiger partial charge in [-0.15, -0.1) is 0 Å². The summed E-state index contributed by atoms with van der Waals surface area (Å²) in [5.74, 6) is 0.117. The van der Waals surface area contributed by atoms with E-state index in [4.69, 9.17) is 39.5 Å². The normalized spacial score (nSPS) is 10.1. The van der Waals surface area contributed by atoms with E-state index >= 15 is 0 Å². The number of aryl methyl sites for hydroxylation is 2. The van der Waals surface area contributed by atoms with Crippen molar-refractivity contribution in [3.63, 3.8) is 0 Å². The van der Waals surface area contributed by atoms with E-state index in [1.54, 1.807) is 19.9 Å². The van der Waals surface area contributed by atoms with Gasteiger partial charge in [-0.05, 0) is 25.0 Å². The van der Waals surface area contributed by atoms with E-state index in [2.05, 4.69) is 0 Å². The molecule has 1 rings (SSSR count). The topological polar surface area (TPSA) is 26.3 Å². The van der Waals surface area contributed by atoms with Crippen LogP contribution in [0.25, 0.3) is 0 Å². The van der Waals surface area contributed by atoms with Crippen molar-refractivity contribution in [3.8, 4) is 5.75 Å². The quantitative estimate of drug-likeness (QED) is 0.696. The Morgan fingerprint density at radius 2 is 1.64 bits per heavy atom. The second-order valence-corrected chi connectivity index (χ2v) is 3.87. The molecule has 0 unspecified atom stereocenters. The molecule has 2 nitrogen and oxygen atoms in total. The predicted octanol–water partition coefficient (Wildman–Crippen LogP) is 4.35. The lowest BCUT2D eigenvalue weighted by Crippen LogP contribution is -1.99. The van der Waals surface area contributed by atoms with Crippen molar-refractivity contribution in [2.24, 2.45) is 0 Å². The van der Waals surface area contributed by atoms with Crippen molar-refractivity contribution < 1.29 is 9.53 Å². The van der Waals surface area contributed by atoms with Gasteiger partial charge in [0.05, 0.1) is 10.0 Å². The number of carbonyl (C=O) groups excluding carboxylic acids is 1. The smallest absolute Gasteiger partial charge is 0.409 e. The minimum absolute atomic E-state index is 0.117. The molecule has 0 atom stereocenters. The molecule has 1 aromatic carbocycles. The van der Waals surface area contributed by atoms with Gasteiger partial charge in [0.15, 0.2) is 5.75 Å². The minimum Gasteiger partial charge on any atom is -0.411 e. The highest BCUT2D eigenvalue weighted by atomic mass is 35.5. The third-order valence-corrected chi connectivity index (χ3v) is 2.72. The number of benzene rings is 1. The molecule has 0 aliphatic heterocycles. The fourth-order valence-corrected chi connectivity index (χ4v) is 1.58. The van der Waals surface area contributed by atoms with E-state index in [0.717, 1.165) is 11.1 Å². The Morgan fingerprint density at radius 1 is 1.21 bits per heavy atom. The van der Waals surface area contributed by atoms with Crippen LogP contribution in [0.1, 0.15) is 11.1 Å². The summed E-state index contributed by atoms with van der Waals surface area (Å²) in [5.41, 5.74) is 0.599. The predicted molar refractivity (Wildman–Crippen MR) is 57.8 cm³/mol. The van der Waals surface area contributed by atoms with Gasteiger partial charge in [-0.3, -0.25) is 0 Å². The van der Waals surface area contributed by atoms with E-state index in [1.807, 2.05) is 0 Å². The van der Waals surface area contributed by atoms with Crippen LogP contribution in [-0.4, -0.2) is 5.43 Å². The van der Waals surface area contributed by atoms with E-state index in [-0.39, 0.29) is 5.75 Å². The first-order valence-electron chi connectivity index (χ1n) is 3.76. The summed E-state index contributed by atoms with van der Waals surface area (Å²) in [4.78, 5) is 10.6. The summed E-state index contributed by atoms with van der Waals surface area (Å²) in [5, 5.41) is 0.601. The fourth-order valence-electron chi connectivity index (χ4n) is 1.08. The van der Waals surface area contributed by atoms with E-state index in [9.17, 15) is 4.79 Å². The lowest BCUT2D eigenvalue weighted by Gasteiger charge is -2.10. The van der Waals surface area contributed by atoms with Crippen LogP contribution in [-0.2, 0) is 0 Å². The van der Waals surface area contributed by atoms with Crippen LogP contribution in [0.3, 0.4) is 0 Å². The molecule has 0 spiro atoms. The van der Waals surface area contributed by atoms with Gasteiger partial charge in [-0.1, -0.05) is 29.3 Å². The lowest BCUT2D eigenvalue weighted by molar-refractivity contribution is 0.225. The minimum atomic E-state index is -0.959. The van der Waals surface area contributed by atoms with Gasteiger partial charge < -0.3 is 4.74 Å². The highest BCUT2D eigenvalue weighted by Crippen LogP contribution is 2.38. The average molecular weight is 254 g/mol. The maximum absolute atomic E-state index is 10.6. The summed E-state index contributed by atoms with van der Waals surface area (Å²) in [6, 6.07) is 1.80. The third-order valence-electron chi connectivity index (χ3n) is 1.71. The second-order valence-electron chi connectivity index (χ2n) is 2.81. The molecule has 5 heteroatoms. The standard InChI is InChI=1S/C9H7Cl3O2/c1-4-3-5(2)7(11)8(6(4)10)14-9(12)13/h3H,1-2H3. The van der Waals surface area contributed by atoms with Crippen LogP contribution in [0.5, 0.6) is 5.75 Å². The molecule has 0 aliphatic carbocycles. The Morgan fingerprint density at radius 3 is 2.00 bits per heavy atom. The molecule has 0 saturated carbocycles. The molecule has 0 aromatic heterocycles. The Kier molecular flexibility index (Phi) is 3.65. The number of ether oxygens (including phenoxy) is 1. The first-order chi connectivity index (χ1) is 6.43. The highest BCUT2D eigenvalue weighted by Gasteiger charge is 2.15. The Hall–Kier alpha value is -0.440. The fraction of sp³-hybridized carbons (Fsp3) is 0.222. The molecule has 0 radical (unpaired) electrons. The zero-order chi connectivity index (χ0) is 10.9. The van der Waals surface area contributed by atoms with Crippen molar-refractivity contribution in [1.29, 1.82) is 0 Å². The summed E-state index contributed by atoms with van der Waals surface area (Å²) in [6.07, 6.45) is 0. The zero-order valence-corrected chi connectivity index (χ0v) is 9.80. The molecule has 0 bridgehead atoms. The van der Waals surface area contributed by atoms with Gasteiger partial charge in [0.25, 0.3) is 0 Å². The van der Waals surface area contributed by atoms with Crippen molar-refractivity contribution in [2.75, 3.05) is 0 Å². The number of hydrogen-bond donors (Lipinski definition) is 0. The Labute approximate surface area is 96.7 Å². The molecule has 0 aliphatic rings. The summed E-state index contributed by atoms with van der Waals surface area (Å²) in [6.45, 7) is 3.58. The van der Waals surface area contributed by atoms with E-state index in [0.29, 0.717) is 10.0 Å². The molecule has 0 heterocycles. The van der Waals surface area contributed by atoms with Crippen LogP contribution in [0.15, 0.2) is 6.07 Å². The van der Waals surface area contributed by atoms with Crippen molar-refractivity contribution in [1.82, 2.24) is 0 Å². The van der Waals surface area contributed by atoms with Crippen LogP contribution in [0, 0.1) is 13.8 Å². The molecule has 0 fully saturated rings. The number of rotatable bonds is 1. The van der Waals surface area contributed by atoms with Gasteiger partial charge in [0.2, 0.25) is 0 Å². The van der Waals surface area contributed by atoms with Crippen molar-refractivity contribution in [3.05, 3.63) is 27.2 Å². The van der Waals surface area contributed by atoms with Crippen molar-refractivity contribution in [2.45, 2.75) is 13.8 Å². The van der Waals surface area contributed by atoms with Crippen LogP contribution < -0.4 is 4.74 Å². The van der Waals surface area contributed by atoms with Crippen LogP contribution in [0.2, 0.25) is 10.0 Å². The molecule has 0 saturated heterocycles. The van der Waals surface area contributed by atoms with Gasteiger partial charge in [-0.2, -0.15) is 0 Å². The highest BCUT2D eigenvalue weighted by molar-refractivity contribution is 6.61. The van der Waals surface area contributed by atoms with Gasteiger partial charge in [0, 0.05) is 11.6 Å². The van der Waals surface area contributed by atoms with Crippen molar-refractivity contribution >= 4 is 40.2 Å². The SMILES string of the molecule is Cc1cc(C)c(Cl)c(OC(=O)Cl)c1Cl. The average Bonchev–Trinajstić information content (AvgIpc) is 2.09. The van der Waals surface area contributed by atoms with Gasteiger partial charge in [0.1, 0.15) is 0 Å². The summed E-state index contributed by atoms with van der Waals surface area (Å²) in [7, 11) is 0. The molecule has 1 aromatic rings. The molecular weight excluding hydrogens is 246 g/mol. The second kappa shape index (κ2) is 4.39. The molecule has 0 N–H and O–H groups in total. The maximum atomic E-state index is 10.6. The van der Waals surface area contributed by atoms with E-state index in [1.165, 1.54) is 0 Å². The lowest BCUT2D eigenvalue weighted by atomic mass is 10.1. The number of halogens is 3. The molecular formula is C9H7Cl3O2. The first-order valence-corrected chi connectivity index (χ1v) is 4.89. The largest absolute Gasteiger partial charge is 0.411 e. The van der Waals surface area contributed by atoms with Crippen LogP contribution in [0.4, 0.5) is 4.79 Å². The zero-order valence-electron chi connectivity index (χ0n) is 7.53. The van der Waals surface area contributed by atoms with E-state index < -0.39 is 5.43 Å². The maximum Gasteiger partial charge on any atom is 0.409 e. The Balaban J connectivity index is 3.31. The van der Waals surface area contributed by atoms with Gasteiger partial charge in [-0.25, -0.2) is 4.79 Å². The molecule has 14 heavy (non-hydrogen) atoms. The van der Waals surface area contributed by atoms with Crippen LogP contribution >= 0.6 is 34.8 Å². The summed E-state index contributed by atoms with van der Waals surface area (Å²) >= 11 is 16.9. The van der Waals surface area contributed by atoms with Gasteiger partial charge >= 0.3 is 5.43 Å². The first kappa shape index (κ1) is 11.6. The Bertz CT molecular complexity index is 362. The monoisotopic (exact) mass is 252 g/mol. The molecule has 0 amide bonds. The molecule has 76 valence electrons. The summed E-state index contributed by atoms with van der Waals surface area (Å²) < 4.78 is 4.70. The number of hydrogen-bond acceptors (Lipinski definition) is 2.